The first-order valence-electron chi connectivity index (χ1n) is 6.69. The second kappa shape index (κ2) is 7.59. The summed E-state index contributed by atoms with van der Waals surface area (Å²) in [5.74, 6) is -0.0156. The summed E-state index contributed by atoms with van der Waals surface area (Å²) in [6, 6.07) is 15.4. The van der Waals surface area contributed by atoms with Crippen LogP contribution in [0.15, 0.2) is 53.0 Å². The number of carbonyl (C=O) groups is 1. The van der Waals surface area contributed by atoms with Crippen molar-refractivity contribution in [2.75, 3.05) is 11.9 Å². The Labute approximate surface area is 137 Å². The van der Waals surface area contributed by atoms with Gasteiger partial charge in [0.2, 0.25) is 0 Å². The minimum atomic E-state index is -0.0156. The van der Waals surface area contributed by atoms with Gasteiger partial charge in [-0.1, -0.05) is 39.7 Å². The van der Waals surface area contributed by atoms with Crippen molar-refractivity contribution in [3.63, 3.8) is 0 Å². The lowest BCUT2D eigenvalue weighted by molar-refractivity contribution is -0.682. The van der Waals surface area contributed by atoms with Crippen LogP contribution in [0.2, 0.25) is 5.02 Å². The quantitative estimate of drug-likeness (QED) is 0.835. The van der Waals surface area contributed by atoms with Gasteiger partial charge in [0.15, 0.2) is 6.54 Å². The smallest absolute Gasteiger partial charge is 0.279 e. The lowest BCUT2D eigenvalue weighted by Gasteiger charge is -2.11. The van der Waals surface area contributed by atoms with E-state index in [-0.39, 0.29) is 11.9 Å². The molecule has 0 spiro atoms. The zero-order chi connectivity index (χ0) is 15.2. The Morgan fingerprint density at radius 2 is 1.81 bits per heavy atom. The maximum atomic E-state index is 11.9. The maximum absolute atomic E-state index is 11.9. The third kappa shape index (κ3) is 5.16. The summed E-state index contributed by atoms with van der Waals surface area (Å²) in [5.41, 5.74) is 1.95. The molecule has 0 aliphatic heterocycles. The van der Waals surface area contributed by atoms with E-state index in [4.69, 9.17) is 11.6 Å². The van der Waals surface area contributed by atoms with Gasteiger partial charge in [0.05, 0.1) is 0 Å². The summed E-state index contributed by atoms with van der Waals surface area (Å²) in [4.78, 5) is 11.9. The minimum absolute atomic E-state index is 0.0156. The summed E-state index contributed by atoms with van der Waals surface area (Å²) >= 11 is 9.23. The predicted molar refractivity (Wildman–Crippen MR) is 89.4 cm³/mol. The second-order valence-electron chi connectivity index (χ2n) is 4.84. The van der Waals surface area contributed by atoms with Gasteiger partial charge in [0.1, 0.15) is 6.04 Å². The van der Waals surface area contributed by atoms with Crippen molar-refractivity contribution in [1.82, 2.24) is 0 Å². The molecule has 0 saturated heterocycles. The molecule has 0 aromatic heterocycles. The van der Waals surface area contributed by atoms with Crippen LogP contribution in [0.5, 0.6) is 0 Å². The average Bonchev–Trinajstić information content (AvgIpc) is 2.48. The highest BCUT2D eigenvalue weighted by Gasteiger charge is 2.11. The highest BCUT2D eigenvalue weighted by Crippen LogP contribution is 2.14. The van der Waals surface area contributed by atoms with Gasteiger partial charge in [0.25, 0.3) is 5.91 Å². The molecule has 0 fully saturated rings. The number of nitrogens with two attached hydrogens (primary N) is 1. The van der Waals surface area contributed by atoms with Crippen LogP contribution < -0.4 is 10.6 Å². The highest BCUT2D eigenvalue weighted by molar-refractivity contribution is 9.10. The van der Waals surface area contributed by atoms with Crippen LogP contribution in [0.25, 0.3) is 0 Å². The van der Waals surface area contributed by atoms with Gasteiger partial charge in [-0.15, -0.1) is 0 Å². The molecule has 1 atom stereocenters. The molecule has 3 nitrogen and oxygen atoms in total. The lowest BCUT2D eigenvalue weighted by Crippen LogP contribution is -2.86. The number of halogens is 2. The number of hydrogen-bond donors (Lipinski definition) is 2. The summed E-state index contributed by atoms with van der Waals surface area (Å²) in [6.45, 7) is 2.44. The van der Waals surface area contributed by atoms with E-state index in [2.05, 4.69) is 28.2 Å². The van der Waals surface area contributed by atoms with Crippen molar-refractivity contribution < 1.29 is 10.1 Å². The molecule has 0 radical (unpaired) electrons. The molecule has 1 amide bonds. The molecule has 2 rings (SSSR count). The first-order chi connectivity index (χ1) is 10.0. The molecule has 2 aromatic rings. The standard InChI is InChI=1S/C16H16BrClN2O/c1-11(12-2-6-14(18)7-3-12)19-10-16(21)20-15-8-4-13(17)5-9-15/h2-9,11,19H,10H2,1H3,(H,20,21)/p+1/t11-/m0/s1. The molecule has 0 aliphatic rings. The fourth-order valence-electron chi connectivity index (χ4n) is 1.93. The van der Waals surface area contributed by atoms with E-state index in [0.29, 0.717) is 6.54 Å². The molecule has 5 heteroatoms. The second-order valence-corrected chi connectivity index (χ2v) is 6.19. The largest absolute Gasteiger partial charge is 0.333 e. The van der Waals surface area contributed by atoms with Gasteiger partial charge in [0, 0.05) is 20.7 Å². The molecule has 3 N–H and O–H groups in total. The van der Waals surface area contributed by atoms with Gasteiger partial charge in [-0.25, -0.2) is 0 Å². The molecule has 21 heavy (non-hydrogen) atoms. The average molecular weight is 369 g/mol. The van der Waals surface area contributed by atoms with Gasteiger partial charge < -0.3 is 10.6 Å². The summed E-state index contributed by atoms with van der Waals surface area (Å²) in [5, 5.41) is 5.59. The van der Waals surface area contributed by atoms with Crippen LogP contribution in [-0.2, 0) is 4.79 Å². The first-order valence-corrected chi connectivity index (χ1v) is 7.86. The third-order valence-electron chi connectivity index (χ3n) is 3.18. The van der Waals surface area contributed by atoms with Crippen molar-refractivity contribution >= 4 is 39.1 Å². The van der Waals surface area contributed by atoms with Gasteiger partial charge >= 0.3 is 0 Å². The summed E-state index contributed by atoms with van der Waals surface area (Å²) in [7, 11) is 0. The molecular weight excluding hydrogens is 352 g/mol. The van der Waals surface area contributed by atoms with Crippen LogP contribution in [0, 0.1) is 0 Å². The Morgan fingerprint density at radius 1 is 1.19 bits per heavy atom. The van der Waals surface area contributed by atoms with E-state index in [9.17, 15) is 4.79 Å². The van der Waals surface area contributed by atoms with Crippen molar-refractivity contribution in [1.29, 1.82) is 0 Å². The number of anilines is 1. The van der Waals surface area contributed by atoms with E-state index in [1.807, 2.05) is 53.8 Å². The first kappa shape index (κ1) is 16.0. The van der Waals surface area contributed by atoms with Gasteiger partial charge in [-0.2, -0.15) is 0 Å². The number of benzene rings is 2. The Bertz CT molecular complexity index is 599. The minimum Gasteiger partial charge on any atom is -0.333 e. The molecule has 0 unspecified atom stereocenters. The van der Waals surface area contributed by atoms with Crippen LogP contribution in [0.4, 0.5) is 5.69 Å². The Kier molecular flexibility index (Phi) is 5.79. The van der Waals surface area contributed by atoms with Gasteiger partial charge in [-0.3, -0.25) is 4.79 Å². The predicted octanol–water partition coefficient (Wildman–Crippen LogP) is 3.37. The lowest BCUT2D eigenvalue weighted by atomic mass is 10.1. The SMILES string of the molecule is C[C@H]([NH2+]CC(=O)Nc1ccc(Br)cc1)c1ccc(Cl)cc1. The Balaban J connectivity index is 1.83. The van der Waals surface area contributed by atoms with E-state index in [0.717, 1.165) is 20.7 Å². The fourth-order valence-corrected chi connectivity index (χ4v) is 2.32. The number of carbonyl (C=O) groups excluding carboxylic acids is 1. The van der Waals surface area contributed by atoms with E-state index < -0.39 is 0 Å². The van der Waals surface area contributed by atoms with Crippen molar-refractivity contribution in [3.8, 4) is 0 Å². The number of quaternary nitrogens is 1. The summed E-state index contributed by atoms with van der Waals surface area (Å²) < 4.78 is 0.989. The fraction of sp³-hybridized carbons (Fsp3) is 0.188. The normalized spacial score (nSPS) is 12.0. The number of amides is 1. The monoisotopic (exact) mass is 367 g/mol. The molecule has 0 heterocycles. The van der Waals surface area contributed by atoms with E-state index in [1.165, 1.54) is 0 Å². The van der Waals surface area contributed by atoms with Crippen molar-refractivity contribution in [3.05, 3.63) is 63.6 Å². The van der Waals surface area contributed by atoms with Crippen molar-refractivity contribution in [2.24, 2.45) is 0 Å². The molecule has 0 saturated carbocycles. The third-order valence-corrected chi connectivity index (χ3v) is 3.96. The zero-order valence-electron chi connectivity index (χ0n) is 11.6. The maximum Gasteiger partial charge on any atom is 0.279 e. The summed E-state index contributed by atoms with van der Waals surface area (Å²) in [6.07, 6.45) is 0. The van der Waals surface area contributed by atoms with Crippen LogP contribution >= 0.6 is 27.5 Å². The number of hydrogen-bond acceptors (Lipinski definition) is 1. The molecule has 0 bridgehead atoms. The van der Waals surface area contributed by atoms with Crippen LogP contribution in [0.1, 0.15) is 18.5 Å². The zero-order valence-corrected chi connectivity index (χ0v) is 14.0. The van der Waals surface area contributed by atoms with Gasteiger partial charge in [-0.05, 0) is 43.3 Å². The molecule has 2 aromatic carbocycles. The Hall–Kier alpha value is -1.36. The van der Waals surface area contributed by atoms with E-state index in [1.54, 1.807) is 0 Å². The van der Waals surface area contributed by atoms with Crippen molar-refractivity contribution in [2.45, 2.75) is 13.0 Å². The number of nitrogens with one attached hydrogen (secondary N) is 1. The van der Waals surface area contributed by atoms with E-state index >= 15 is 0 Å². The molecule has 0 aliphatic carbocycles. The molecule has 110 valence electrons. The molecular formula is C16H17BrClN2O+. The topological polar surface area (TPSA) is 45.7 Å². The number of rotatable bonds is 5. The van der Waals surface area contributed by atoms with Crippen LogP contribution in [0.3, 0.4) is 0 Å². The highest BCUT2D eigenvalue weighted by atomic mass is 79.9. The van der Waals surface area contributed by atoms with Crippen LogP contribution in [-0.4, -0.2) is 12.5 Å². The Morgan fingerprint density at radius 3 is 2.43 bits per heavy atom.